The predicted molar refractivity (Wildman–Crippen MR) is 62.2 cm³/mol. The molecule has 0 unspecified atom stereocenters. The molecule has 0 saturated carbocycles. The summed E-state index contributed by atoms with van der Waals surface area (Å²) in [5, 5.41) is 0.394. The quantitative estimate of drug-likeness (QED) is 0.391. The maximum atomic E-state index is 12.5. The number of hydrogen-bond acceptors (Lipinski definition) is 1. The van der Waals surface area contributed by atoms with Crippen LogP contribution in [0.2, 0.25) is 0 Å². The first-order chi connectivity index (χ1) is 6.06. The summed E-state index contributed by atoms with van der Waals surface area (Å²) in [6.07, 6.45) is -2.53. The van der Waals surface area contributed by atoms with Crippen molar-refractivity contribution in [1.29, 1.82) is 0 Å². The fourth-order valence-electron chi connectivity index (χ4n) is 0.842. The Hall–Kier alpha value is 0.700. The van der Waals surface area contributed by atoms with Crippen molar-refractivity contribution in [2.45, 2.75) is 11.8 Å². The third kappa shape index (κ3) is 2.82. The number of rotatable bonds is 2. The van der Waals surface area contributed by atoms with Crippen molar-refractivity contribution in [3.63, 3.8) is 0 Å². The minimum Gasteiger partial charge on any atom is -0.240 e. The topological polar surface area (TPSA) is 12.9 Å². The third-order valence-corrected chi connectivity index (χ3v) is 3.34. The number of nitrogens with zero attached hydrogens (tertiary/aromatic N) is 1. The molecule has 0 saturated heterocycles. The van der Waals surface area contributed by atoms with E-state index < -0.39 is 6.43 Å². The van der Waals surface area contributed by atoms with Crippen LogP contribution in [0, 0.1) is 3.57 Å². The monoisotopic (exact) mass is 425 g/mol. The van der Waals surface area contributed by atoms with Gasteiger partial charge in [0.05, 0.1) is 0 Å². The molecule has 0 aliphatic heterocycles. The molecule has 72 valence electrons. The second-order valence-corrected chi connectivity index (χ2v) is 4.76. The van der Waals surface area contributed by atoms with E-state index in [2.05, 4.69) is 36.8 Å². The standard InChI is InChI=1S/C7H4Br2F2IN/c8-2-3-4(12)1-5(9)13-6(3)7(10)11/h1,7H,2H2. The summed E-state index contributed by atoms with van der Waals surface area (Å²) in [5.74, 6) is 0. The molecule has 0 N–H and O–H groups in total. The maximum absolute atomic E-state index is 12.5. The Balaban J connectivity index is 3.29. The van der Waals surface area contributed by atoms with E-state index in [4.69, 9.17) is 0 Å². The maximum Gasteiger partial charge on any atom is 0.280 e. The Labute approximate surface area is 105 Å². The van der Waals surface area contributed by atoms with Gasteiger partial charge >= 0.3 is 0 Å². The Morgan fingerprint density at radius 3 is 2.62 bits per heavy atom. The van der Waals surface area contributed by atoms with Crippen molar-refractivity contribution in [2.24, 2.45) is 0 Å². The summed E-state index contributed by atoms with van der Waals surface area (Å²) >= 11 is 8.25. The lowest BCUT2D eigenvalue weighted by atomic mass is 10.2. The van der Waals surface area contributed by atoms with Crippen LogP contribution in [0.1, 0.15) is 17.7 Å². The summed E-state index contributed by atoms with van der Waals surface area (Å²) in [4.78, 5) is 3.74. The van der Waals surface area contributed by atoms with E-state index in [-0.39, 0.29) is 5.69 Å². The molecular formula is C7H4Br2F2IN. The minimum absolute atomic E-state index is 0.157. The van der Waals surface area contributed by atoms with Gasteiger partial charge in [-0.2, -0.15) is 0 Å². The van der Waals surface area contributed by atoms with Crippen molar-refractivity contribution in [2.75, 3.05) is 0 Å². The molecule has 0 aliphatic carbocycles. The van der Waals surface area contributed by atoms with E-state index >= 15 is 0 Å². The lowest BCUT2D eigenvalue weighted by Gasteiger charge is -2.07. The van der Waals surface area contributed by atoms with Crippen LogP contribution in [0.25, 0.3) is 0 Å². The van der Waals surface area contributed by atoms with Crippen molar-refractivity contribution in [3.05, 3.63) is 25.5 Å². The zero-order chi connectivity index (χ0) is 10.0. The fourth-order valence-corrected chi connectivity index (χ4v) is 3.56. The van der Waals surface area contributed by atoms with Gasteiger partial charge in [0.2, 0.25) is 0 Å². The normalized spacial score (nSPS) is 10.9. The lowest BCUT2D eigenvalue weighted by molar-refractivity contribution is 0.145. The van der Waals surface area contributed by atoms with Crippen LogP contribution < -0.4 is 0 Å². The number of aromatic nitrogens is 1. The van der Waals surface area contributed by atoms with Crippen LogP contribution in [0.5, 0.6) is 0 Å². The molecule has 0 spiro atoms. The van der Waals surface area contributed by atoms with Gasteiger partial charge < -0.3 is 0 Å². The molecule has 0 aromatic carbocycles. The molecule has 0 aliphatic rings. The first kappa shape index (κ1) is 11.8. The van der Waals surface area contributed by atoms with Gasteiger partial charge in [-0.25, -0.2) is 13.8 Å². The van der Waals surface area contributed by atoms with Crippen molar-refractivity contribution < 1.29 is 8.78 Å². The fraction of sp³-hybridized carbons (Fsp3) is 0.286. The average molecular weight is 427 g/mol. The van der Waals surface area contributed by atoms with Crippen molar-refractivity contribution >= 4 is 54.5 Å². The highest BCUT2D eigenvalue weighted by Gasteiger charge is 2.17. The molecule has 1 rings (SSSR count). The molecule has 0 radical (unpaired) electrons. The summed E-state index contributed by atoms with van der Waals surface area (Å²) in [6, 6.07) is 1.71. The molecule has 1 aromatic heterocycles. The number of pyridine rings is 1. The van der Waals surface area contributed by atoms with E-state index in [1.54, 1.807) is 6.07 Å². The van der Waals surface area contributed by atoms with Crippen molar-refractivity contribution in [1.82, 2.24) is 4.98 Å². The van der Waals surface area contributed by atoms with Gasteiger partial charge in [0, 0.05) is 14.5 Å². The summed E-state index contributed by atoms with van der Waals surface area (Å²) in [5.41, 5.74) is 0.398. The van der Waals surface area contributed by atoms with Gasteiger partial charge in [-0.15, -0.1) is 0 Å². The van der Waals surface area contributed by atoms with Gasteiger partial charge in [0.15, 0.2) is 0 Å². The summed E-state index contributed by atoms with van der Waals surface area (Å²) < 4.78 is 26.2. The van der Waals surface area contributed by atoms with Crippen LogP contribution >= 0.6 is 54.5 Å². The van der Waals surface area contributed by atoms with Gasteiger partial charge in [-0.1, -0.05) is 15.9 Å². The number of alkyl halides is 3. The molecule has 1 heterocycles. The van der Waals surface area contributed by atoms with E-state index in [0.29, 0.717) is 15.5 Å². The largest absolute Gasteiger partial charge is 0.280 e. The molecule has 0 fully saturated rings. The van der Waals surface area contributed by atoms with Crippen molar-refractivity contribution in [3.8, 4) is 0 Å². The van der Waals surface area contributed by atoms with Crippen LogP contribution in [0.15, 0.2) is 10.7 Å². The minimum atomic E-state index is -2.53. The van der Waals surface area contributed by atoms with Gasteiger partial charge in [-0.05, 0) is 44.6 Å². The molecule has 0 bridgehead atoms. The van der Waals surface area contributed by atoms with Gasteiger partial charge in [0.1, 0.15) is 10.3 Å². The van der Waals surface area contributed by atoms with E-state index in [0.717, 1.165) is 3.57 Å². The number of hydrogen-bond donors (Lipinski definition) is 0. The highest BCUT2D eigenvalue weighted by molar-refractivity contribution is 14.1. The Bertz CT molecular complexity index is 320. The van der Waals surface area contributed by atoms with E-state index in [9.17, 15) is 8.78 Å². The van der Waals surface area contributed by atoms with Gasteiger partial charge in [0.25, 0.3) is 6.43 Å². The zero-order valence-corrected chi connectivity index (χ0v) is 11.5. The summed E-state index contributed by atoms with van der Waals surface area (Å²) in [6.45, 7) is 0. The molecule has 13 heavy (non-hydrogen) atoms. The van der Waals surface area contributed by atoms with E-state index in [1.165, 1.54) is 0 Å². The molecule has 0 atom stereocenters. The Kier molecular flexibility index (Phi) is 4.50. The Morgan fingerprint density at radius 1 is 1.54 bits per heavy atom. The lowest BCUT2D eigenvalue weighted by Crippen LogP contribution is -2.00. The summed E-state index contributed by atoms with van der Waals surface area (Å²) in [7, 11) is 0. The van der Waals surface area contributed by atoms with Crippen LogP contribution in [0.3, 0.4) is 0 Å². The first-order valence-corrected chi connectivity index (χ1v) is 6.24. The van der Waals surface area contributed by atoms with E-state index in [1.807, 2.05) is 22.6 Å². The first-order valence-electron chi connectivity index (χ1n) is 3.25. The second kappa shape index (κ2) is 4.97. The highest BCUT2D eigenvalue weighted by Crippen LogP contribution is 2.28. The third-order valence-electron chi connectivity index (χ3n) is 1.41. The predicted octanol–water partition coefficient (Wildman–Crippen LogP) is 4.28. The van der Waals surface area contributed by atoms with Crippen LogP contribution in [0.4, 0.5) is 8.78 Å². The average Bonchev–Trinajstić information content (AvgIpc) is 2.02. The molecule has 1 aromatic rings. The smallest absolute Gasteiger partial charge is 0.240 e. The zero-order valence-electron chi connectivity index (χ0n) is 6.20. The molecule has 1 nitrogen and oxygen atoms in total. The molecular weight excluding hydrogens is 423 g/mol. The van der Waals surface area contributed by atoms with Gasteiger partial charge in [-0.3, -0.25) is 0 Å². The van der Waals surface area contributed by atoms with Crippen LogP contribution in [-0.4, -0.2) is 4.98 Å². The molecule has 0 amide bonds. The SMILES string of the molecule is FC(F)c1nc(Br)cc(I)c1CBr. The highest BCUT2D eigenvalue weighted by atomic mass is 127. The number of halogens is 5. The Morgan fingerprint density at radius 2 is 2.15 bits per heavy atom. The van der Waals surface area contributed by atoms with Crippen LogP contribution in [-0.2, 0) is 5.33 Å². The molecule has 6 heteroatoms. The second-order valence-electron chi connectivity index (χ2n) is 2.22.